The molecule has 0 aromatic rings. The molecule has 0 radical (unpaired) electrons. The summed E-state index contributed by atoms with van der Waals surface area (Å²) < 4.78 is 0. The van der Waals surface area contributed by atoms with E-state index in [0.717, 1.165) is 25.7 Å². The molecular weight excluding hydrogens is 252 g/mol. The van der Waals surface area contributed by atoms with Crippen molar-refractivity contribution in [2.45, 2.75) is 50.2 Å². The molecule has 0 aromatic heterocycles. The number of nitrogens with two attached hydrogens (primary N) is 2. The number of hydrogen-bond donors (Lipinski definition) is 5. The van der Waals surface area contributed by atoms with Crippen molar-refractivity contribution >= 4 is 17.9 Å². The van der Waals surface area contributed by atoms with Crippen LogP contribution in [0.4, 0.5) is 4.79 Å². The molecule has 7 N–H and O–H groups in total. The summed E-state index contributed by atoms with van der Waals surface area (Å²) in [5.74, 6) is -2.09. The number of hydrogen-bond acceptors (Lipinski definition) is 4. The molecule has 0 saturated heterocycles. The fraction of sp³-hybridized carbons (Fsp3) is 0.727. The van der Waals surface area contributed by atoms with Crippen LogP contribution in [0.2, 0.25) is 0 Å². The molecule has 108 valence electrons. The van der Waals surface area contributed by atoms with E-state index >= 15 is 0 Å². The van der Waals surface area contributed by atoms with Crippen LogP contribution < -0.4 is 22.1 Å². The third-order valence-electron chi connectivity index (χ3n) is 3.14. The maximum atomic E-state index is 11.7. The lowest BCUT2D eigenvalue weighted by molar-refractivity contribution is -0.140. The summed E-state index contributed by atoms with van der Waals surface area (Å²) in [7, 11) is 0. The molecule has 0 spiro atoms. The zero-order valence-electron chi connectivity index (χ0n) is 10.6. The van der Waals surface area contributed by atoms with Crippen molar-refractivity contribution in [2.24, 2.45) is 11.5 Å². The second kappa shape index (κ2) is 6.93. The molecule has 1 aliphatic rings. The summed E-state index contributed by atoms with van der Waals surface area (Å²) in [5, 5.41) is 13.7. The summed E-state index contributed by atoms with van der Waals surface area (Å²) in [6, 6.07) is -2.26. The summed E-state index contributed by atoms with van der Waals surface area (Å²) in [5.41, 5.74) is 10.8. The minimum atomic E-state index is -1.32. The van der Waals surface area contributed by atoms with Gasteiger partial charge in [-0.05, 0) is 12.8 Å². The molecule has 1 saturated carbocycles. The number of carbonyl (C=O) groups excluding carboxylic acids is 2. The Morgan fingerprint density at radius 1 is 1.26 bits per heavy atom. The van der Waals surface area contributed by atoms with Crippen molar-refractivity contribution in [2.75, 3.05) is 0 Å². The summed E-state index contributed by atoms with van der Waals surface area (Å²) >= 11 is 0. The third-order valence-corrected chi connectivity index (χ3v) is 3.14. The molecule has 19 heavy (non-hydrogen) atoms. The van der Waals surface area contributed by atoms with Crippen LogP contribution in [0.1, 0.15) is 32.1 Å². The highest BCUT2D eigenvalue weighted by atomic mass is 16.4. The Morgan fingerprint density at radius 3 is 2.42 bits per heavy atom. The smallest absolute Gasteiger partial charge is 0.326 e. The Labute approximate surface area is 110 Å². The van der Waals surface area contributed by atoms with Gasteiger partial charge in [0.1, 0.15) is 6.04 Å². The molecule has 2 unspecified atom stereocenters. The van der Waals surface area contributed by atoms with Gasteiger partial charge in [-0.15, -0.1) is 0 Å². The van der Waals surface area contributed by atoms with Gasteiger partial charge in [-0.3, -0.25) is 4.79 Å². The second-order valence-corrected chi connectivity index (χ2v) is 4.73. The van der Waals surface area contributed by atoms with Gasteiger partial charge >= 0.3 is 12.0 Å². The van der Waals surface area contributed by atoms with Crippen molar-refractivity contribution in [3.05, 3.63) is 0 Å². The molecule has 0 heterocycles. The number of carbonyl (C=O) groups is 3. The Kier molecular flexibility index (Phi) is 5.56. The Morgan fingerprint density at radius 2 is 1.89 bits per heavy atom. The van der Waals surface area contributed by atoms with Crippen LogP contribution in [0.5, 0.6) is 0 Å². The normalized spacial score (nSPS) is 24.3. The van der Waals surface area contributed by atoms with Crippen molar-refractivity contribution in [1.29, 1.82) is 0 Å². The number of urea groups is 1. The first-order chi connectivity index (χ1) is 8.90. The average molecular weight is 272 g/mol. The molecule has 1 aliphatic carbocycles. The molecule has 3 amide bonds. The molecule has 1 rings (SSSR count). The van der Waals surface area contributed by atoms with Crippen LogP contribution >= 0.6 is 0 Å². The number of carboxylic acid groups (broad SMARTS) is 1. The van der Waals surface area contributed by atoms with Crippen molar-refractivity contribution in [1.82, 2.24) is 10.6 Å². The number of nitrogens with one attached hydrogen (secondary N) is 2. The van der Waals surface area contributed by atoms with Crippen LogP contribution in [0.15, 0.2) is 0 Å². The van der Waals surface area contributed by atoms with Crippen LogP contribution in [-0.2, 0) is 9.59 Å². The maximum Gasteiger partial charge on any atom is 0.326 e. The summed E-state index contributed by atoms with van der Waals surface area (Å²) in [6.45, 7) is 0. The van der Waals surface area contributed by atoms with E-state index in [1.54, 1.807) is 0 Å². The standard InChI is InChI=1S/C11H20N4O4/c12-6-3-1-2-4-7(6)14-11(19)15-8(10(17)18)5-9(13)16/h6-8H,1-5,12H2,(H2,13,16)(H,17,18)(H2,14,15,19)/t6?,7?,8-/m1/s1. The topological polar surface area (TPSA) is 148 Å². The highest BCUT2D eigenvalue weighted by molar-refractivity contribution is 5.87. The van der Waals surface area contributed by atoms with E-state index in [-0.39, 0.29) is 12.1 Å². The third kappa shape index (κ3) is 5.12. The Hall–Kier alpha value is -1.83. The fourth-order valence-electron chi connectivity index (χ4n) is 2.11. The number of rotatable bonds is 5. The lowest BCUT2D eigenvalue weighted by atomic mass is 9.91. The van der Waals surface area contributed by atoms with Crippen molar-refractivity contribution < 1.29 is 19.5 Å². The SMILES string of the molecule is NC(=O)C[C@@H](NC(=O)NC1CCCCC1N)C(=O)O. The van der Waals surface area contributed by atoms with E-state index in [4.69, 9.17) is 16.6 Å². The summed E-state index contributed by atoms with van der Waals surface area (Å²) in [6.07, 6.45) is 3.15. The highest BCUT2D eigenvalue weighted by Crippen LogP contribution is 2.16. The van der Waals surface area contributed by atoms with Gasteiger partial charge in [0, 0.05) is 12.1 Å². The van der Waals surface area contributed by atoms with Gasteiger partial charge in [-0.25, -0.2) is 9.59 Å². The van der Waals surface area contributed by atoms with Gasteiger partial charge in [-0.1, -0.05) is 12.8 Å². The van der Waals surface area contributed by atoms with Crippen LogP contribution in [0.3, 0.4) is 0 Å². The van der Waals surface area contributed by atoms with E-state index in [0.29, 0.717) is 0 Å². The van der Waals surface area contributed by atoms with Crippen molar-refractivity contribution in [3.8, 4) is 0 Å². The molecule has 1 fully saturated rings. The minimum Gasteiger partial charge on any atom is -0.480 e. The van der Waals surface area contributed by atoms with Crippen LogP contribution in [0, 0.1) is 0 Å². The van der Waals surface area contributed by atoms with Gasteiger partial charge in [0.2, 0.25) is 5.91 Å². The van der Waals surface area contributed by atoms with Gasteiger partial charge in [0.05, 0.1) is 6.42 Å². The first kappa shape index (κ1) is 15.2. The fourth-order valence-corrected chi connectivity index (χ4v) is 2.11. The van der Waals surface area contributed by atoms with Crippen molar-refractivity contribution in [3.63, 3.8) is 0 Å². The molecule has 0 aromatic carbocycles. The number of aliphatic carboxylic acids is 1. The number of primary amides is 1. The zero-order chi connectivity index (χ0) is 14.4. The first-order valence-corrected chi connectivity index (χ1v) is 6.24. The molecule has 8 heteroatoms. The van der Waals surface area contributed by atoms with E-state index in [1.807, 2.05) is 0 Å². The van der Waals surface area contributed by atoms with Crippen LogP contribution in [-0.4, -0.2) is 41.1 Å². The lowest BCUT2D eigenvalue weighted by Gasteiger charge is -2.29. The van der Waals surface area contributed by atoms with Gasteiger partial charge in [-0.2, -0.15) is 0 Å². The van der Waals surface area contributed by atoms with Crippen LogP contribution in [0.25, 0.3) is 0 Å². The highest BCUT2D eigenvalue weighted by Gasteiger charge is 2.26. The largest absolute Gasteiger partial charge is 0.480 e. The quantitative estimate of drug-likeness (QED) is 0.430. The van der Waals surface area contributed by atoms with E-state index in [9.17, 15) is 14.4 Å². The minimum absolute atomic E-state index is 0.126. The van der Waals surface area contributed by atoms with E-state index in [1.165, 1.54) is 0 Å². The maximum absolute atomic E-state index is 11.7. The zero-order valence-corrected chi connectivity index (χ0v) is 10.6. The molecule has 3 atom stereocenters. The second-order valence-electron chi connectivity index (χ2n) is 4.73. The van der Waals surface area contributed by atoms with Gasteiger partial charge in [0.25, 0.3) is 0 Å². The van der Waals surface area contributed by atoms with E-state index < -0.39 is 30.4 Å². The Bertz CT molecular complexity index is 361. The molecular formula is C11H20N4O4. The monoisotopic (exact) mass is 272 g/mol. The van der Waals surface area contributed by atoms with E-state index in [2.05, 4.69) is 10.6 Å². The summed E-state index contributed by atoms with van der Waals surface area (Å²) in [4.78, 5) is 33.2. The average Bonchev–Trinajstić information content (AvgIpc) is 2.30. The number of amides is 3. The lowest BCUT2D eigenvalue weighted by Crippen LogP contribution is -2.55. The molecule has 0 aliphatic heterocycles. The van der Waals surface area contributed by atoms with Gasteiger partial charge < -0.3 is 27.2 Å². The molecule has 0 bridgehead atoms. The Balaban J connectivity index is 2.47. The van der Waals surface area contributed by atoms with Gasteiger partial charge in [0.15, 0.2) is 0 Å². The first-order valence-electron chi connectivity index (χ1n) is 6.24. The number of carboxylic acids is 1. The molecule has 8 nitrogen and oxygen atoms in total. The predicted octanol–water partition coefficient (Wildman–Crippen LogP) is -1.12. The predicted molar refractivity (Wildman–Crippen MR) is 67.1 cm³/mol.